The molecule has 17 nitrogen and oxygen atoms in total. The maximum Gasteiger partial charge on any atom is 0.187 e. The smallest absolute Gasteiger partial charge is 0.187 e. The molecule has 3 heterocycles. The van der Waals surface area contributed by atoms with Gasteiger partial charge in [0.25, 0.3) is 0 Å². The second kappa shape index (κ2) is 14.6. The summed E-state index contributed by atoms with van der Waals surface area (Å²) in [6.07, 6.45) is -15.0. The van der Waals surface area contributed by atoms with Crippen molar-refractivity contribution in [1.82, 2.24) is 5.32 Å². The summed E-state index contributed by atoms with van der Waals surface area (Å²) in [5.41, 5.74) is 23.6. The largest absolute Gasteiger partial charge is 0.394 e. The van der Waals surface area contributed by atoms with Crippen LogP contribution in [0.25, 0.3) is 0 Å². The predicted octanol–water partition coefficient (Wildman–Crippen LogP) is -6.30. The van der Waals surface area contributed by atoms with Crippen LogP contribution in [0.15, 0.2) is 0 Å². The molecule has 0 aromatic carbocycles. The van der Waals surface area contributed by atoms with Crippen LogP contribution in [0, 0.1) is 5.92 Å². The molecule has 0 radical (unpaired) electrons. The number of likely N-dealkylation sites (N-methyl/N-ethyl adjacent to an activating group) is 1. The lowest BCUT2D eigenvalue weighted by atomic mass is 9.80. The number of ether oxygens (including phenoxy) is 6. The fourth-order valence-electron chi connectivity index (χ4n) is 6.16. The van der Waals surface area contributed by atoms with Crippen molar-refractivity contribution in [3.63, 3.8) is 0 Å². The second-order valence-corrected chi connectivity index (χ2v) is 11.7. The summed E-state index contributed by atoms with van der Waals surface area (Å²) in [4.78, 5) is 0. The molecule has 4 rings (SSSR count). The van der Waals surface area contributed by atoms with Crippen LogP contribution in [0.4, 0.5) is 0 Å². The Balaban J connectivity index is 1.51. The van der Waals surface area contributed by atoms with Crippen LogP contribution in [-0.2, 0) is 28.4 Å². The zero-order valence-electron chi connectivity index (χ0n) is 23.9. The normalized spacial score (nSPS) is 52.0. The molecular weight excluding hydrogens is 562 g/mol. The highest BCUT2D eigenvalue weighted by molar-refractivity contribution is 5.00. The molecule has 3 aliphatic heterocycles. The van der Waals surface area contributed by atoms with Gasteiger partial charge in [-0.1, -0.05) is 6.92 Å². The monoisotopic (exact) mass is 611 g/mol. The summed E-state index contributed by atoms with van der Waals surface area (Å²) in [5.74, 6) is -0.212. The first kappa shape index (κ1) is 34.2. The zero-order chi connectivity index (χ0) is 30.9. The molecule has 3 saturated heterocycles. The number of nitrogens with two attached hydrogens (primary N) is 4. The highest BCUT2D eigenvalue weighted by Gasteiger charge is 2.54. The van der Waals surface area contributed by atoms with Gasteiger partial charge < -0.3 is 87.3 Å². The van der Waals surface area contributed by atoms with E-state index in [0.29, 0.717) is 6.42 Å². The maximum atomic E-state index is 11.3. The lowest BCUT2D eigenvalue weighted by molar-refractivity contribution is -0.300. The SMILES string of the molecule is CN[C@@H]1C[C@H](C)[C@@H](O[C@H]2O[C@H](CN)C[C@H](O)[C@H]2N)[C@H](O[C@@H]2O[C@H](CO)[C@@H](O[C@H]3O[C@@H](CN)[C@@H](O)[C@H](O)[C@H]3N)[C@H]2O)[C@H]1O. The van der Waals surface area contributed by atoms with E-state index in [1.54, 1.807) is 7.05 Å². The first-order valence-corrected chi connectivity index (χ1v) is 14.5. The van der Waals surface area contributed by atoms with Gasteiger partial charge in [-0.15, -0.1) is 0 Å². The van der Waals surface area contributed by atoms with Gasteiger partial charge in [-0.05, 0) is 19.4 Å². The highest BCUT2D eigenvalue weighted by atomic mass is 16.8. The van der Waals surface area contributed by atoms with Crippen LogP contribution in [-0.4, -0.2) is 162 Å². The fraction of sp³-hybridized carbons (Fsp3) is 1.00. The maximum absolute atomic E-state index is 11.3. The van der Waals surface area contributed by atoms with Crippen LogP contribution in [0.5, 0.6) is 0 Å². The summed E-state index contributed by atoms with van der Waals surface area (Å²) < 4.78 is 35.6. The van der Waals surface area contributed by atoms with E-state index in [-0.39, 0.29) is 25.4 Å². The lowest BCUT2D eigenvalue weighted by Crippen LogP contribution is -2.64. The van der Waals surface area contributed by atoms with E-state index in [2.05, 4.69) is 5.32 Å². The topological polar surface area (TPSA) is 293 Å². The molecule has 246 valence electrons. The average Bonchev–Trinajstić information content (AvgIpc) is 3.27. The number of aliphatic hydroxyl groups excluding tert-OH is 6. The summed E-state index contributed by atoms with van der Waals surface area (Å²) in [7, 11) is 1.70. The Morgan fingerprint density at radius 3 is 1.95 bits per heavy atom. The van der Waals surface area contributed by atoms with E-state index in [1.807, 2.05) is 6.92 Å². The first-order chi connectivity index (χ1) is 19.9. The predicted molar refractivity (Wildman–Crippen MR) is 143 cm³/mol. The minimum Gasteiger partial charge on any atom is -0.394 e. The van der Waals surface area contributed by atoms with E-state index < -0.39 is 111 Å². The molecule has 0 aromatic heterocycles. The highest BCUT2D eigenvalue weighted by Crippen LogP contribution is 2.36. The second-order valence-electron chi connectivity index (χ2n) is 11.7. The van der Waals surface area contributed by atoms with Gasteiger partial charge >= 0.3 is 0 Å². The molecule has 0 bridgehead atoms. The first-order valence-electron chi connectivity index (χ1n) is 14.5. The van der Waals surface area contributed by atoms with Crippen molar-refractivity contribution in [2.75, 3.05) is 26.7 Å². The summed E-state index contributed by atoms with van der Waals surface area (Å²) in [6, 6.07) is -2.48. The van der Waals surface area contributed by atoms with E-state index in [9.17, 15) is 30.6 Å². The quantitative estimate of drug-likeness (QED) is 0.109. The molecule has 0 unspecified atom stereocenters. The number of hydrogen-bond donors (Lipinski definition) is 11. The van der Waals surface area contributed by atoms with Gasteiger partial charge in [-0.25, -0.2) is 0 Å². The Hall–Kier alpha value is -0.680. The Bertz CT molecular complexity index is 852. The molecule has 17 heteroatoms. The molecule has 0 aromatic rings. The minimum absolute atomic E-state index is 0.132. The summed E-state index contributed by atoms with van der Waals surface area (Å²) in [6.45, 7) is 1.33. The van der Waals surface area contributed by atoms with Gasteiger partial charge in [-0.2, -0.15) is 0 Å². The van der Waals surface area contributed by atoms with Gasteiger partial charge in [-0.3, -0.25) is 0 Å². The molecule has 15 N–H and O–H groups in total. The van der Waals surface area contributed by atoms with E-state index in [4.69, 9.17) is 51.4 Å². The van der Waals surface area contributed by atoms with Crippen LogP contribution < -0.4 is 28.3 Å². The Labute approximate surface area is 244 Å². The van der Waals surface area contributed by atoms with Crippen molar-refractivity contribution in [2.24, 2.45) is 28.9 Å². The Morgan fingerprint density at radius 2 is 1.33 bits per heavy atom. The van der Waals surface area contributed by atoms with Crippen molar-refractivity contribution >= 4 is 0 Å². The molecule has 1 saturated carbocycles. The number of aliphatic hydroxyl groups is 6. The Morgan fingerprint density at radius 1 is 0.714 bits per heavy atom. The third kappa shape index (κ3) is 6.92. The van der Waals surface area contributed by atoms with Crippen LogP contribution >= 0.6 is 0 Å². The summed E-state index contributed by atoms with van der Waals surface area (Å²) in [5, 5.41) is 66.5. The van der Waals surface area contributed by atoms with E-state index in [0.717, 1.165) is 0 Å². The third-order valence-corrected chi connectivity index (χ3v) is 8.81. The van der Waals surface area contributed by atoms with Gasteiger partial charge in [0.15, 0.2) is 18.9 Å². The summed E-state index contributed by atoms with van der Waals surface area (Å²) >= 11 is 0. The third-order valence-electron chi connectivity index (χ3n) is 8.81. The standard InChI is InChI=1S/C25H49N5O12/c1-8-3-10(30-2)16(33)22(20(8)40-23-14(28)11(32)4-9(5-26)37-23)42-25-19(36)21(13(7-31)39-25)41-24-15(29)18(35)17(34)12(6-27)38-24/h8-25,30-36H,3-7,26-29H2,1-2H3/t8-,9-,10+,11-,12-,13+,14+,15+,16-,17+,18+,19+,20+,21+,22+,23+,24+,25-/m0/s1. The van der Waals surface area contributed by atoms with E-state index >= 15 is 0 Å². The molecule has 4 aliphatic rings. The minimum atomic E-state index is -1.51. The molecule has 4 fully saturated rings. The number of hydrogen-bond acceptors (Lipinski definition) is 17. The number of rotatable bonds is 10. The van der Waals surface area contributed by atoms with Crippen molar-refractivity contribution in [1.29, 1.82) is 0 Å². The molecule has 1 aliphatic carbocycles. The Kier molecular flexibility index (Phi) is 11.9. The van der Waals surface area contributed by atoms with E-state index in [1.165, 1.54) is 0 Å². The number of nitrogens with one attached hydrogen (secondary N) is 1. The van der Waals surface area contributed by atoms with Gasteiger partial charge in [0.1, 0.15) is 42.7 Å². The van der Waals surface area contributed by atoms with Crippen molar-refractivity contribution in [3.05, 3.63) is 0 Å². The molecule has 18 atom stereocenters. The zero-order valence-corrected chi connectivity index (χ0v) is 23.9. The molecule has 0 spiro atoms. The molecule has 42 heavy (non-hydrogen) atoms. The van der Waals surface area contributed by atoms with Gasteiger partial charge in [0, 0.05) is 25.6 Å². The average molecular weight is 612 g/mol. The van der Waals surface area contributed by atoms with Crippen LogP contribution in [0.3, 0.4) is 0 Å². The van der Waals surface area contributed by atoms with Crippen molar-refractivity contribution < 1.29 is 59.1 Å². The van der Waals surface area contributed by atoms with Crippen molar-refractivity contribution in [3.8, 4) is 0 Å². The van der Waals surface area contributed by atoms with Crippen LogP contribution in [0.2, 0.25) is 0 Å². The van der Waals surface area contributed by atoms with Crippen LogP contribution in [0.1, 0.15) is 19.8 Å². The van der Waals surface area contributed by atoms with Crippen molar-refractivity contribution in [2.45, 2.75) is 124 Å². The molecular formula is C25H49N5O12. The van der Waals surface area contributed by atoms with Gasteiger partial charge in [0.2, 0.25) is 0 Å². The fourth-order valence-corrected chi connectivity index (χ4v) is 6.16. The lowest BCUT2D eigenvalue weighted by Gasteiger charge is -2.47. The molecule has 0 amide bonds. The van der Waals surface area contributed by atoms with Gasteiger partial charge in [0.05, 0.1) is 43.1 Å².